The van der Waals surface area contributed by atoms with Gasteiger partial charge in [0.15, 0.2) is 0 Å². The van der Waals surface area contributed by atoms with Gasteiger partial charge in [0.05, 0.1) is 12.5 Å². The maximum absolute atomic E-state index is 13.2. The number of rotatable bonds is 7. The number of benzene rings is 2. The highest BCUT2D eigenvalue weighted by molar-refractivity contribution is 5.89. The lowest BCUT2D eigenvalue weighted by atomic mass is 9.98. The predicted molar refractivity (Wildman–Crippen MR) is 125 cm³/mol. The number of carboxylic acids is 1. The molecule has 0 spiro atoms. The summed E-state index contributed by atoms with van der Waals surface area (Å²) in [6, 6.07) is 14.7. The quantitative estimate of drug-likeness (QED) is 0.648. The molecule has 1 fully saturated rings. The number of aliphatic carboxylic acids is 1. The van der Waals surface area contributed by atoms with Gasteiger partial charge in [-0.3, -0.25) is 9.59 Å². The van der Waals surface area contributed by atoms with Gasteiger partial charge in [0, 0.05) is 25.6 Å². The Labute approximate surface area is 198 Å². The molecule has 1 saturated heterocycles. The molecule has 2 amide bonds. The Kier molecular flexibility index (Phi) is 7.17. The van der Waals surface area contributed by atoms with Crippen LogP contribution in [0.3, 0.4) is 0 Å². The van der Waals surface area contributed by atoms with Crippen molar-refractivity contribution >= 4 is 18.0 Å². The van der Waals surface area contributed by atoms with Crippen molar-refractivity contribution in [3.8, 4) is 11.1 Å². The number of ether oxygens (including phenoxy) is 2. The molecule has 1 heterocycles. The number of amides is 2. The number of methoxy groups -OCH3 is 1. The van der Waals surface area contributed by atoms with Gasteiger partial charge in [0.2, 0.25) is 5.91 Å². The molecule has 8 heteroatoms. The van der Waals surface area contributed by atoms with Crippen LogP contribution in [-0.4, -0.2) is 66.4 Å². The predicted octanol–water partition coefficient (Wildman–Crippen LogP) is 3.39. The number of piperidine rings is 1. The van der Waals surface area contributed by atoms with Gasteiger partial charge in [-0.2, -0.15) is 0 Å². The number of alkyl carbamates (subject to hydrolysis) is 1. The number of carbonyl (C=O) groups excluding carboxylic acids is 2. The van der Waals surface area contributed by atoms with Gasteiger partial charge >= 0.3 is 12.1 Å². The van der Waals surface area contributed by atoms with E-state index in [9.17, 15) is 19.5 Å². The van der Waals surface area contributed by atoms with E-state index in [2.05, 4.69) is 5.32 Å². The molecule has 0 aromatic heterocycles. The molecule has 1 aliphatic heterocycles. The minimum Gasteiger partial charge on any atom is -0.481 e. The molecule has 34 heavy (non-hydrogen) atoms. The summed E-state index contributed by atoms with van der Waals surface area (Å²) >= 11 is 0. The Morgan fingerprint density at radius 2 is 1.68 bits per heavy atom. The van der Waals surface area contributed by atoms with Crippen LogP contribution in [0.15, 0.2) is 48.5 Å². The van der Waals surface area contributed by atoms with E-state index in [1.54, 1.807) is 12.0 Å². The van der Waals surface area contributed by atoms with Crippen molar-refractivity contribution in [3.63, 3.8) is 0 Å². The van der Waals surface area contributed by atoms with Crippen molar-refractivity contribution in [2.24, 2.45) is 0 Å². The molecular formula is C26H30N2O6. The molecule has 0 bridgehead atoms. The van der Waals surface area contributed by atoms with Crippen LogP contribution in [0.4, 0.5) is 4.79 Å². The maximum atomic E-state index is 13.2. The lowest BCUT2D eigenvalue weighted by Crippen LogP contribution is -2.56. The summed E-state index contributed by atoms with van der Waals surface area (Å²) in [4.78, 5) is 38.9. The summed E-state index contributed by atoms with van der Waals surface area (Å²) in [6.07, 6.45) is 0.124. The molecule has 1 aliphatic carbocycles. The third-order valence-corrected chi connectivity index (χ3v) is 6.77. The lowest BCUT2D eigenvalue weighted by Gasteiger charge is -2.39. The third kappa shape index (κ3) is 4.92. The largest absolute Gasteiger partial charge is 0.481 e. The molecule has 2 aromatic carbocycles. The van der Waals surface area contributed by atoms with Gasteiger partial charge in [-0.15, -0.1) is 0 Å². The van der Waals surface area contributed by atoms with Crippen LogP contribution >= 0.6 is 0 Å². The number of hydrogen-bond acceptors (Lipinski definition) is 5. The molecule has 180 valence electrons. The van der Waals surface area contributed by atoms with Crippen LogP contribution in [0, 0.1) is 0 Å². The number of nitrogens with zero attached hydrogens (tertiary/aromatic N) is 1. The number of carbonyl (C=O) groups is 3. The van der Waals surface area contributed by atoms with E-state index < -0.39 is 30.4 Å². The summed E-state index contributed by atoms with van der Waals surface area (Å²) < 4.78 is 10.9. The third-order valence-electron chi connectivity index (χ3n) is 6.77. The Bertz CT molecular complexity index is 1030. The van der Waals surface area contributed by atoms with E-state index in [1.165, 1.54) is 0 Å². The zero-order valence-electron chi connectivity index (χ0n) is 19.4. The van der Waals surface area contributed by atoms with E-state index >= 15 is 0 Å². The number of fused-ring (bicyclic) bond motifs is 3. The smallest absolute Gasteiger partial charge is 0.407 e. The number of likely N-dealkylation sites (tertiary alicyclic amines) is 1. The molecule has 0 radical (unpaired) electrons. The van der Waals surface area contributed by atoms with Crippen molar-refractivity contribution in [2.45, 2.75) is 50.3 Å². The zero-order valence-corrected chi connectivity index (χ0v) is 19.4. The lowest BCUT2D eigenvalue weighted by molar-refractivity contribution is -0.145. The van der Waals surface area contributed by atoms with Gasteiger partial charge in [-0.05, 0) is 42.0 Å². The summed E-state index contributed by atoms with van der Waals surface area (Å²) in [5, 5.41) is 11.8. The summed E-state index contributed by atoms with van der Waals surface area (Å²) in [5.41, 5.74) is 4.36. The van der Waals surface area contributed by atoms with Crippen molar-refractivity contribution in [1.29, 1.82) is 0 Å². The topological polar surface area (TPSA) is 105 Å². The van der Waals surface area contributed by atoms with Gasteiger partial charge in [0.1, 0.15) is 12.6 Å². The molecule has 3 atom stereocenters. The van der Waals surface area contributed by atoms with Gasteiger partial charge in [-0.25, -0.2) is 4.79 Å². The van der Waals surface area contributed by atoms with E-state index in [-0.39, 0.29) is 24.7 Å². The monoisotopic (exact) mass is 466 g/mol. The van der Waals surface area contributed by atoms with Crippen molar-refractivity contribution < 1.29 is 29.0 Å². The minimum atomic E-state index is -1.22. The molecule has 3 unspecified atom stereocenters. The van der Waals surface area contributed by atoms with E-state index in [0.717, 1.165) is 35.1 Å². The summed E-state index contributed by atoms with van der Waals surface area (Å²) in [6.45, 7) is 2.35. The molecule has 4 rings (SSSR count). The first-order chi connectivity index (χ1) is 16.4. The highest BCUT2D eigenvalue weighted by atomic mass is 16.5. The minimum absolute atomic E-state index is 0.0699. The first kappa shape index (κ1) is 23.8. The number of hydrogen-bond donors (Lipinski definition) is 2. The average molecular weight is 467 g/mol. The fourth-order valence-electron chi connectivity index (χ4n) is 4.93. The Morgan fingerprint density at radius 3 is 2.26 bits per heavy atom. The number of nitrogens with one attached hydrogen (secondary N) is 1. The zero-order chi connectivity index (χ0) is 24.2. The van der Waals surface area contributed by atoms with Crippen LogP contribution in [0.1, 0.15) is 43.2 Å². The SMILES string of the molecule is COC1CCC(C)N(C(=O)C(CC(=O)O)NC(=O)OCC2c3ccccc3-c3ccccc32)C1. The Balaban J connectivity index is 1.44. The second-order valence-electron chi connectivity index (χ2n) is 8.90. The molecule has 8 nitrogen and oxygen atoms in total. The Morgan fingerprint density at radius 1 is 1.06 bits per heavy atom. The second-order valence-corrected chi connectivity index (χ2v) is 8.90. The van der Waals surface area contributed by atoms with Crippen LogP contribution in [0.2, 0.25) is 0 Å². The molecule has 0 saturated carbocycles. The van der Waals surface area contributed by atoms with E-state index in [1.807, 2.05) is 55.5 Å². The van der Waals surface area contributed by atoms with Gasteiger partial charge in [0.25, 0.3) is 0 Å². The van der Waals surface area contributed by atoms with Crippen LogP contribution in [0.25, 0.3) is 11.1 Å². The van der Waals surface area contributed by atoms with Gasteiger partial charge < -0.3 is 24.8 Å². The Hall–Kier alpha value is -3.39. The molecule has 2 N–H and O–H groups in total. The van der Waals surface area contributed by atoms with Crippen molar-refractivity contribution in [3.05, 3.63) is 59.7 Å². The highest BCUT2D eigenvalue weighted by Gasteiger charge is 2.35. The second kappa shape index (κ2) is 10.3. The maximum Gasteiger partial charge on any atom is 0.407 e. The fourth-order valence-corrected chi connectivity index (χ4v) is 4.93. The van der Waals surface area contributed by atoms with Crippen molar-refractivity contribution in [1.82, 2.24) is 10.2 Å². The standard InChI is InChI=1S/C26H30N2O6/c1-16-11-12-17(33-2)14-28(16)25(31)23(13-24(29)30)27-26(32)34-15-22-20-9-5-3-7-18(20)19-8-4-6-10-21(19)22/h3-10,16-17,22-23H,11-15H2,1-2H3,(H,27,32)(H,29,30). The van der Waals surface area contributed by atoms with Gasteiger partial charge in [-0.1, -0.05) is 48.5 Å². The normalized spacial score (nSPS) is 20.2. The average Bonchev–Trinajstić information content (AvgIpc) is 3.15. The summed E-state index contributed by atoms with van der Waals surface area (Å²) in [7, 11) is 1.59. The van der Waals surface area contributed by atoms with Crippen LogP contribution in [-0.2, 0) is 19.1 Å². The first-order valence-electron chi connectivity index (χ1n) is 11.6. The van der Waals surface area contributed by atoms with Crippen LogP contribution < -0.4 is 5.32 Å². The first-order valence-corrected chi connectivity index (χ1v) is 11.6. The fraction of sp³-hybridized carbons (Fsp3) is 0.423. The van der Waals surface area contributed by atoms with Crippen molar-refractivity contribution in [2.75, 3.05) is 20.3 Å². The molecule has 2 aliphatic rings. The van der Waals surface area contributed by atoms with Crippen LogP contribution in [0.5, 0.6) is 0 Å². The summed E-state index contributed by atoms with van der Waals surface area (Å²) in [5.74, 6) is -1.74. The van der Waals surface area contributed by atoms with E-state index in [0.29, 0.717) is 6.54 Å². The molecule has 2 aromatic rings. The van der Waals surface area contributed by atoms with E-state index in [4.69, 9.17) is 9.47 Å². The molecular weight excluding hydrogens is 436 g/mol. The number of carboxylic acid groups (broad SMARTS) is 1. The highest BCUT2D eigenvalue weighted by Crippen LogP contribution is 2.44.